The van der Waals surface area contributed by atoms with Gasteiger partial charge in [-0.15, -0.1) is 0 Å². The maximum atomic E-state index is 12.8. The number of carbonyl (C=O) groups is 2. The van der Waals surface area contributed by atoms with Gasteiger partial charge in [0.05, 0.1) is 31.5 Å². The minimum atomic E-state index is -0.331. The molecule has 1 N–H and O–H groups in total. The number of amides is 3. The highest BCUT2D eigenvalue weighted by molar-refractivity contribution is 6.00. The van der Waals surface area contributed by atoms with Crippen LogP contribution in [0.4, 0.5) is 16.2 Å². The molecule has 8 heteroatoms. The van der Waals surface area contributed by atoms with Gasteiger partial charge in [-0.3, -0.25) is 9.69 Å². The molecule has 0 saturated carbocycles. The van der Waals surface area contributed by atoms with Gasteiger partial charge in [0.25, 0.3) is 0 Å². The first-order valence-electron chi connectivity index (χ1n) is 8.64. The van der Waals surface area contributed by atoms with Gasteiger partial charge in [0.1, 0.15) is 18.0 Å². The molecule has 1 fully saturated rings. The number of nitriles is 1. The Kier molecular flexibility index (Phi) is 5.65. The summed E-state index contributed by atoms with van der Waals surface area (Å²) in [7, 11) is 3.09. The van der Waals surface area contributed by atoms with Gasteiger partial charge in [-0.25, -0.2) is 4.79 Å². The molecule has 28 heavy (non-hydrogen) atoms. The van der Waals surface area contributed by atoms with Crippen LogP contribution in [0.1, 0.15) is 5.56 Å². The molecule has 3 amide bonds. The van der Waals surface area contributed by atoms with E-state index in [-0.39, 0.29) is 18.5 Å². The van der Waals surface area contributed by atoms with E-state index < -0.39 is 0 Å². The van der Waals surface area contributed by atoms with Crippen molar-refractivity contribution in [2.24, 2.45) is 0 Å². The summed E-state index contributed by atoms with van der Waals surface area (Å²) in [4.78, 5) is 28.1. The fourth-order valence-corrected chi connectivity index (χ4v) is 3.00. The average molecular weight is 380 g/mol. The quantitative estimate of drug-likeness (QED) is 0.831. The molecule has 0 radical (unpaired) electrons. The van der Waals surface area contributed by atoms with Crippen molar-refractivity contribution in [2.75, 3.05) is 44.1 Å². The lowest BCUT2D eigenvalue weighted by atomic mass is 10.2. The molecule has 1 aliphatic rings. The van der Waals surface area contributed by atoms with Crippen molar-refractivity contribution < 1.29 is 19.1 Å². The maximum absolute atomic E-state index is 12.8. The maximum Gasteiger partial charge on any atom is 0.325 e. The van der Waals surface area contributed by atoms with Crippen LogP contribution in [-0.2, 0) is 4.79 Å². The minimum absolute atomic E-state index is 0.0849. The van der Waals surface area contributed by atoms with Crippen LogP contribution in [0, 0.1) is 11.3 Å². The summed E-state index contributed by atoms with van der Waals surface area (Å²) in [6.45, 7) is 0.753. The summed E-state index contributed by atoms with van der Waals surface area (Å²) in [6, 6.07) is 13.6. The molecule has 0 atom stereocenters. The third kappa shape index (κ3) is 3.99. The number of rotatable bonds is 6. The number of urea groups is 1. The molecule has 1 saturated heterocycles. The van der Waals surface area contributed by atoms with E-state index in [2.05, 4.69) is 5.32 Å². The molecule has 1 aliphatic heterocycles. The van der Waals surface area contributed by atoms with Crippen molar-refractivity contribution in [3.63, 3.8) is 0 Å². The SMILES string of the molecule is COc1ccc(OC)c(N2CCN(CC(=O)Nc3cccc(C#N)c3)C2=O)c1. The third-order valence-corrected chi connectivity index (χ3v) is 4.38. The molecule has 0 spiro atoms. The summed E-state index contributed by atoms with van der Waals surface area (Å²) in [5.74, 6) is 0.828. The molecule has 0 aromatic heterocycles. The van der Waals surface area contributed by atoms with E-state index in [1.54, 1.807) is 54.5 Å². The highest BCUT2D eigenvalue weighted by Crippen LogP contribution is 2.34. The first-order chi connectivity index (χ1) is 13.5. The van der Waals surface area contributed by atoms with Crippen LogP contribution in [-0.4, -0.2) is 50.7 Å². The fraction of sp³-hybridized carbons (Fsp3) is 0.250. The number of hydrogen-bond donors (Lipinski definition) is 1. The summed E-state index contributed by atoms with van der Waals surface area (Å²) >= 11 is 0. The Balaban J connectivity index is 1.69. The molecule has 2 aromatic rings. The molecule has 2 aromatic carbocycles. The Hall–Kier alpha value is -3.73. The van der Waals surface area contributed by atoms with E-state index in [0.29, 0.717) is 41.5 Å². The lowest BCUT2D eigenvalue weighted by molar-refractivity contribution is -0.116. The Labute approximate surface area is 162 Å². The van der Waals surface area contributed by atoms with E-state index >= 15 is 0 Å². The molecular formula is C20H20N4O4. The van der Waals surface area contributed by atoms with Crippen LogP contribution in [0.3, 0.4) is 0 Å². The summed E-state index contributed by atoms with van der Waals surface area (Å²) in [6.07, 6.45) is 0. The van der Waals surface area contributed by atoms with Crippen molar-refractivity contribution in [2.45, 2.75) is 0 Å². The standard InChI is InChI=1S/C20H20N4O4/c1-27-16-6-7-18(28-2)17(11-16)24-9-8-23(20(24)26)13-19(25)22-15-5-3-4-14(10-15)12-21/h3-7,10-11H,8-9,13H2,1-2H3,(H,22,25). The van der Waals surface area contributed by atoms with Gasteiger partial charge >= 0.3 is 6.03 Å². The lowest BCUT2D eigenvalue weighted by Crippen LogP contribution is -2.37. The summed E-state index contributed by atoms with van der Waals surface area (Å²) < 4.78 is 10.6. The van der Waals surface area contributed by atoms with Crippen LogP contribution in [0.15, 0.2) is 42.5 Å². The van der Waals surface area contributed by atoms with Gasteiger partial charge in [-0.2, -0.15) is 5.26 Å². The van der Waals surface area contributed by atoms with Crippen molar-refractivity contribution in [1.29, 1.82) is 5.26 Å². The Morgan fingerprint density at radius 1 is 1.18 bits per heavy atom. The van der Waals surface area contributed by atoms with Crippen molar-refractivity contribution in [1.82, 2.24) is 4.90 Å². The minimum Gasteiger partial charge on any atom is -0.497 e. The third-order valence-electron chi connectivity index (χ3n) is 4.38. The Morgan fingerprint density at radius 3 is 2.71 bits per heavy atom. The summed E-state index contributed by atoms with van der Waals surface area (Å²) in [5.41, 5.74) is 1.56. The van der Waals surface area contributed by atoms with Gasteiger partial charge < -0.3 is 19.7 Å². The van der Waals surface area contributed by atoms with Gasteiger partial charge in [0, 0.05) is 24.8 Å². The number of methoxy groups -OCH3 is 2. The number of ether oxygens (including phenoxy) is 2. The van der Waals surface area contributed by atoms with Crippen molar-refractivity contribution >= 4 is 23.3 Å². The second kappa shape index (κ2) is 8.31. The number of carbonyl (C=O) groups excluding carboxylic acids is 2. The zero-order valence-electron chi connectivity index (χ0n) is 15.6. The largest absolute Gasteiger partial charge is 0.497 e. The smallest absolute Gasteiger partial charge is 0.325 e. The van der Waals surface area contributed by atoms with Crippen molar-refractivity contribution in [3.05, 3.63) is 48.0 Å². The molecule has 1 heterocycles. The van der Waals surface area contributed by atoms with E-state index in [1.165, 1.54) is 12.0 Å². The normalized spacial score (nSPS) is 13.2. The molecule has 144 valence electrons. The van der Waals surface area contributed by atoms with Gasteiger partial charge in [-0.1, -0.05) is 6.07 Å². The molecule has 0 aliphatic carbocycles. The van der Waals surface area contributed by atoms with Crippen LogP contribution >= 0.6 is 0 Å². The first kappa shape index (κ1) is 19.0. The van der Waals surface area contributed by atoms with E-state index in [1.807, 2.05) is 6.07 Å². The van der Waals surface area contributed by atoms with Crippen LogP contribution in [0.25, 0.3) is 0 Å². The van der Waals surface area contributed by atoms with Gasteiger partial charge in [0.15, 0.2) is 0 Å². The van der Waals surface area contributed by atoms with Crippen LogP contribution in [0.2, 0.25) is 0 Å². The average Bonchev–Trinajstić information content (AvgIpc) is 3.07. The molecule has 8 nitrogen and oxygen atoms in total. The van der Waals surface area contributed by atoms with Gasteiger partial charge in [0.2, 0.25) is 5.91 Å². The number of nitrogens with one attached hydrogen (secondary N) is 1. The van der Waals surface area contributed by atoms with Crippen molar-refractivity contribution in [3.8, 4) is 17.6 Å². The second-order valence-electron chi connectivity index (χ2n) is 6.13. The number of benzene rings is 2. The number of anilines is 2. The number of hydrogen-bond acceptors (Lipinski definition) is 5. The monoisotopic (exact) mass is 380 g/mol. The van der Waals surface area contributed by atoms with E-state index in [4.69, 9.17) is 14.7 Å². The highest BCUT2D eigenvalue weighted by atomic mass is 16.5. The Bertz CT molecular complexity index is 938. The van der Waals surface area contributed by atoms with E-state index in [9.17, 15) is 9.59 Å². The topological polar surface area (TPSA) is 94.9 Å². The predicted molar refractivity (Wildman–Crippen MR) is 104 cm³/mol. The van der Waals surface area contributed by atoms with Crippen LogP contribution < -0.4 is 19.7 Å². The highest BCUT2D eigenvalue weighted by Gasteiger charge is 2.32. The molecule has 3 rings (SSSR count). The lowest BCUT2D eigenvalue weighted by Gasteiger charge is -2.21. The van der Waals surface area contributed by atoms with Crippen LogP contribution in [0.5, 0.6) is 11.5 Å². The molecular weight excluding hydrogens is 360 g/mol. The Morgan fingerprint density at radius 2 is 2.00 bits per heavy atom. The predicted octanol–water partition coefficient (Wildman–Crippen LogP) is 2.46. The first-order valence-corrected chi connectivity index (χ1v) is 8.64. The summed E-state index contributed by atoms with van der Waals surface area (Å²) in [5, 5.41) is 11.7. The number of nitrogens with zero attached hydrogens (tertiary/aromatic N) is 3. The van der Waals surface area contributed by atoms with E-state index in [0.717, 1.165) is 0 Å². The molecule has 0 unspecified atom stereocenters. The zero-order chi connectivity index (χ0) is 20.1. The second-order valence-corrected chi connectivity index (χ2v) is 6.13. The fourth-order valence-electron chi connectivity index (χ4n) is 3.00. The van der Waals surface area contributed by atoms with Gasteiger partial charge in [-0.05, 0) is 30.3 Å². The zero-order valence-corrected chi connectivity index (χ0v) is 15.6. The molecule has 0 bridgehead atoms.